The highest BCUT2D eigenvalue weighted by atomic mass is 19.1. The minimum atomic E-state index is -0.857. The monoisotopic (exact) mass is 182 g/mol. The molecule has 1 aromatic carbocycles. The molecule has 0 fully saturated rings. The first kappa shape index (κ1) is 9.71. The van der Waals surface area contributed by atoms with Gasteiger partial charge in [-0.1, -0.05) is 19.1 Å². The largest absolute Gasteiger partial charge is 0.481 e. The van der Waals surface area contributed by atoms with Crippen LogP contribution in [0.3, 0.4) is 0 Å². The fraction of sp³-hybridized carbons (Fsp3) is 0.300. The maximum absolute atomic E-state index is 12.7. The van der Waals surface area contributed by atoms with Gasteiger partial charge in [0.1, 0.15) is 5.82 Å². The van der Waals surface area contributed by atoms with Crippen molar-refractivity contribution in [1.82, 2.24) is 0 Å². The summed E-state index contributed by atoms with van der Waals surface area (Å²) in [4.78, 5) is 10.5. The molecule has 1 atom stereocenters. The van der Waals surface area contributed by atoms with Crippen LogP contribution in [0, 0.1) is 11.7 Å². The van der Waals surface area contributed by atoms with Gasteiger partial charge in [-0.15, -0.1) is 0 Å². The highest BCUT2D eigenvalue weighted by Crippen LogP contribution is 2.10. The predicted molar refractivity (Wildman–Crippen MR) is 46.9 cm³/mol. The van der Waals surface area contributed by atoms with Crippen LogP contribution in [0.4, 0.5) is 4.39 Å². The normalized spacial score (nSPS) is 12.5. The SMILES string of the molecule is C[C@@H](Cc1cccc(F)c1)C(=O)O. The smallest absolute Gasteiger partial charge is 0.306 e. The Morgan fingerprint density at radius 1 is 1.62 bits per heavy atom. The summed E-state index contributed by atoms with van der Waals surface area (Å²) in [6, 6.07) is 6.01. The van der Waals surface area contributed by atoms with E-state index in [1.54, 1.807) is 19.1 Å². The fourth-order valence-corrected chi connectivity index (χ4v) is 1.10. The Morgan fingerprint density at radius 3 is 2.85 bits per heavy atom. The average Bonchev–Trinajstić information content (AvgIpc) is 2.04. The lowest BCUT2D eigenvalue weighted by atomic mass is 10.0. The number of rotatable bonds is 3. The summed E-state index contributed by atoms with van der Waals surface area (Å²) in [5.41, 5.74) is 0.718. The van der Waals surface area contributed by atoms with Gasteiger partial charge < -0.3 is 5.11 Å². The van der Waals surface area contributed by atoms with Crippen LogP contribution in [0.15, 0.2) is 24.3 Å². The zero-order valence-corrected chi connectivity index (χ0v) is 7.33. The Bertz CT molecular complexity index is 310. The van der Waals surface area contributed by atoms with E-state index in [1.165, 1.54) is 12.1 Å². The Labute approximate surface area is 76.0 Å². The Balaban J connectivity index is 2.69. The molecule has 0 saturated carbocycles. The number of carboxylic acids is 1. The quantitative estimate of drug-likeness (QED) is 0.777. The fourth-order valence-electron chi connectivity index (χ4n) is 1.10. The molecule has 0 aliphatic rings. The number of carboxylic acid groups (broad SMARTS) is 1. The average molecular weight is 182 g/mol. The van der Waals surface area contributed by atoms with Gasteiger partial charge in [0, 0.05) is 0 Å². The van der Waals surface area contributed by atoms with Crippen LogP contribution in [0.1, 0.15) is 12.5 Å². The first-order valence-electron chi connectivity index (χ1n) is 4.07. The van der Waals surface area contributed by atoms with Crippen molar-refractivity contribution in [2.75, 3.05) is 0 Å². The Hall–Kier alpha value is -1.38. The third kappa shape index (κ3) is 2.86. The molecular weight excluding hydrogens is 171 g/mol. The Kier molecular flexibility index (Phi) is 3.01. The third-order valence-electron chi connectivity index (χ3n) is 1.85. The molecular formula is C10H11FO2. The van der Waals surface area contributed by atoms with E-state index in [0.29, 0.717) is 6.42 Å². The molecule has 1 aromatic rings. The zero-order chi connectivity index (χ0) is 9.84. The second-order valence-corrected chi connectivity index (χ2v) is 3.07. The van der Waals surface area contributed by atoms with Crippen molar-refractivity contribution in [1.29, 1.82) is 0 Å². The summed E-state index contributed by atoms with van der Waals surface area (Å²) in [7, 11) is 0. The second kappa shape index (κ2) is 4.03. The van der Waals surface area contributed by atoms with Crippen LogP contribution in [0.25, 0.3) is 0 Å². The lowest BCUT2D eigenvalue weighted by Crippen LogP contribution is -2.12. The van der Waals surface area contributed by atoms with Gasteiger partial charge in [-0.2, -0.15) is 0 Å². The van der Waals surface area contributed by atoms with E-state index < -0.39 is 11.9 Å². The first-order valence-corrected chi connectivity index (χ1v) is 4.07. The summed E-state index contributed by atoms with van der Waals surface area (Å²) >= 11 is 0. The molecule has 1 N–H and O–H groups in total. The minimum absolute atomic E-state index is 0.324. The van der Waals surface area contributed by atoms with Crippen molar-refractivity contribution in [2.24, 2.45) is 5.92 Å². The topological polar surface area (TPSA) is 37.3 Å². The molecule has 2 nitrogen and oxygen atoms in total. The lowest BCUT2D eigenvalue weighted by Gasteiger charge is -2.05. The summed E-state index contributed by atoms with van der Waals surface area (Å²) in [5.74, 6) is -1.65. The molecule has 0 spiro atoms. The third-order valence-corrected chi connectivity index (χ3v) is 1.85. The van der Waals surface area contributed by atoms with Crippen molar-refractivity contribution in [3.8, 4) is 0 Å². The molecule has 1 rings (SSSR count). The van der Waals surface area contributed by atoms with Crippen LogP contribution in [-0.2, 0) is 11.2 Å². The van der Waals surface area contributed by atoms with Gasteiger partial charge in [-0.3, -0.25) is 4.79 Å². The molecule has 0 saturated heterocycles. The van der Waals surface area contributed by atoms with E-state index in [2.05, 4.69) is 0 Å². The van der Waals surface area contributed by atoms with Gasteiger partial charge in [0.2, 0.25) is 0 Å². The first-order chi connectivity index (χ1) is 6.09. The molecule has 0 unspecified atom stereocenters. The molecule has 13 heavy (non-hydrogen) atoms. The molecule has 0 aromatic heterocycles. The van der Waals surface area contributed by atoms with E-state index in [0.717, 1.165) is 5.56 Å². The number of aliphatic carboxylic acids is 1. The summed E-state index contributed by atoms with van der Waals surface area (Å²) in [6.45, 7) is 1.60. The van der Waals surface area contributed by atoms with E-state index >= 15 is 0 Å². The lowest BCUT2D eigenvalue weighted by molar-refractivity contribution is -0.141. The van der Waals surface area contributed by atoms with Crippen LogP contribution >= 0.6 is 0 Å². The highest BCUT2D eigenvalue weighted by Gasteiger charge is 2.11. The van der Waals surface area contributed by atoms with Gasteiger partial charge >= 0.3 is 5.97 Å². The number of benzene rings is 1. The summed E-state index contributed by atoms with van der Waals surface area (Å²) in [6.07, 6.45) is 0.368. The zero-order valence-electron chi connectivity index (χ0n) is 7.33. The molecule has 0 radical (unpaired) electrons. The van der Waals surface area contributed by atoms with Gasteiger partial charge in [-0.05, 0) is 24.1 Å². The van der Waals surface area contributed by atoms with Gasteiger partial charge in [0.05, 0.1) is 5.92 Å². The van der Waals surface area contributed by atoms with Crippen LogP contribution < -0.4 is 0 Å². The number of hydrogen-bond donors (Lipinski definition) is 1. The van der Waals surface area contributed by atoms with E-state index in [9.17, 15) is 9.18 Å². The van der Waals surface area contributed by atoms with Crippen molar-refractivity contribution in [3.63, 3.8) is 0 Å². The number of hydrogen-bond acceptors (Lipinski definition) is 1. The van der Waals surface area contributed by atoms with Crippen molar-refractivity contribution < 1.29 is 14.3 Å². The van der Waals surface area contributed by atoms with Gasteiger partial charge in [0.25, 0.3) is 0 Å². The highest BCUT2D eigenvalue weighted by molar-refractivity contribution is 5.69. The summed E-state index contributed by atoms with van der Waals surface area (Å²) in [5, 5.41) is 8.62. The molecule has 3 heteroatoms. The van der Waals surface area contributed by atoms with E-state index in [4.69, 9.17) is 5.11 Å². The maximum Gasteiger partial charge on any atom is 0.306 e. The second-order valence-electron chi connectivity index (χ2n) is 3.07. The molecule has 0 aliphatic carbocycles. The molecule has 0 heterocycles. The van der Waals surface area contributed by atoms with Crippen LogP contribution in [0.5, 0.6) is 0 Å². The molecule has 0 bridgehead atoms. The van der Waals surface area contributed by atoms with E-state index in [-0.39, 0.29) is 5.82 Å². The minimum Gasteiger partial charge on any atom is -0.481 e. The summed E-state index contributed by atoms with van der Waals surface area (Å²) < 4.78 is 12.7. The molecule has 0 aliphatic heterocycles. The molecule has 70 valence electrons. The molecule has 0 amide bonds. The standard InChI is InChI=1S/C10H11FO2/c1-7(10(12)13)5-8-3-2-4-9(11)6-8/h2-4,6-7H,5H2,1H3,(H,12,13)/t7-/m0/s1. The van der Waals surface area contributed by atoms with Crippen LogP contribution in [0.2, 0.25) is 0 Å². The van der Waals surface area contributed by atoms with Crippen molar-refractivity contribution in [3.05, 3.63) is 35.6 Å². The maximum atomic E-state index is 12.7. The predicted octanol–water partition coefficient (Wildman–Crippen LogP) is 2.09. The Morgan fingerprint density at radius 2 is 2.31 bits per heavy atom. The van der Waals surface area contributed by atoms with E-state index in [1.807, 2.05) is 0 Å². The number of carbonyl (C=O) groups is 1. The van der Waals surface area contributed by atoms with Crippen molar-refractivity contribution >= 4 is 5.97 Å². The number of halogens is 1. The van der Waals surface area contributed by atoms with Crippen LogP contribution in [-0.4, -0.2) is 11.1 Å². The van der Waals surface area contributed by atoms with Gasteiger partial charge in [0.15, 0.2) is 0 Å². The van der Waals surface area contributed by atoms with Gasteiger partial charge in [-0.25, -0.2) is 4.39 Å². The van der Waals surface area contributed by atoms with Crippen molar-refractivity contribution in [2.45, 2.75) is 13.3 Å².